The van der Waals surface area contributed by atoms with E-state index in [-0.39, 0.29) is 11.9 Å². The molecule has 26 heavy (non-hydrogen) atoms. The van der Waals surface area contributed by atoms with Gasteiger partial charge in [-0.25, -0.2) is 0 Å². The molecule has 3 heterocycles. The van der Waals surface area contributed by atoms with E-state index in [2.05, 4.69) is 10.1 Å². The standard InChI is InChI=1S/C19H26N4O3/c1-22-10-4-6-16(22)19(24)23-11-3-2-5-15(23)18-20-17(21-26-18)9-12-25-13-14-7-8-14/h4,6,10,14-15H,2-3,5,7-9,11-13H2,1H3. The van der Waals surface area contributed by atoms with Crippen LogP contribution in [0.3, 0.4) is 0 Å². The first kappa shape index (κ1) is 17.3. The van der Waals surface area contributed by atoms with Crippen LogP contribution in [0.5, 0.6) is 0 Å². The summed E-state index contributed by atoms with van der Waals surface area (Å²) < 4.78 is 13.0. The van der Waals surface area contributed by atoms with Gasteiger partial charge in [0.15, 0.2) is 5.82 Å². The molecule has 0 radical (unpaired) electrons. The minimum atomic E-state index is -0.139. The summed E-state index contributed by atoms with van der Waals surface area (Å²) >= 11 is 0. The van der Waals surface area contributed by atoms with Gasteiger partial charge in [-0.05, 0) is 50.2 Å². The molecule has 1 atom stereocenters. The Morgan fingerprint density at radius 1 is 1.35 bits per heavy atom. The highest BCUT2D eigenvalue weighted by molar-refractivity contribution is 5.93. The summed E-state index contributed by atoms with van der Waals surface area (Å²) in [6, 6.07) is 3.60. The maximum Gasteiger partial charge on any atom is 0.271 e. The SMILES string of the molecule is Cn1cccc1C(=O)N1CCCCC1c1nc(CCOCC2CC2)no1. The van der Waals surface area contributed by atoms with Crippen molar-refractivity contribution in [2.75, 3.05) is 19.8 Å². The van der Waals surface area contributed by atoms with Gasteiger partial charge in [0.2, 0.25) is 5.89 Å². The zero-order valence-corrected chi connectivity index (χ0v) is 15.3. The lowest BCUT2D eigenvalue weighted by Crippen LogP contribution is -2.39. The Morgan fingerprint density at radius 2 is 2.23 bits per heavy atom. The molecule has 1 saturated carbocycles. The van der Waals surface area contributed by atoms with Crippen LogP contribution in [0.1, 0.15) is 60.3 Å². The van der Waals surface area contributed by atoms with Gasteiger partial charge in [-0.2, -0.15) is 4.98 Å². The van der Waals surface area contributed by atoms with E-state index < -0.39 is 0 Å². The number of rotatable bonds is 7. The molecule has 7 nitrogen and oxygen atoms in total. The maximum absolute atomic E-state index is 12.9. The number of hydrogen-bond donors (Lipinski definition) is 0. The van der Waals surface area contributed by atoms with E-state index in [0.717, 1.165) is 38.3 Å². The van der Waals surface area contributed by atoms with E-state index >= 15 is 0 Å². The van der Waals surface area contributed by atoms with Gasteiger partial charge in [0, 0.05) is 32.8 Å². The zero-order valence-electron chi connectivity index (χ0n) is 15.3. The molecule has 0 aromatic carbocycles. The normalized spacial score (nSPS) is 20.5. The van der Waals surface area contributed by atoms with Crippen LogP contribution in [0.2, 0.25) is 0 Å². The van der Waals surface area contributed by atoms with E-state index in [1.807, 2.05) is 34.8 Å². The van der Waals surface area contributed by atoms with E-state index in [4.69, 9.17) is 9.26 Å². The fraction of sp³-hybridized carbons (Fsp3) is 0.632. The molecular weight excluding hydrogens is 332 g/mol. The van der Waals surface area contributed by atoms with Gasteiger partial charge in [0.25, 0.3) is 5.91 Å². The van der Waals surface area contributed by atoms with Gasteiger partial charge in [0.1, 0.15) is 11.7 Å². The molecular formula is C19H26N4O3. The Kier molecular flexibility index (Phi) is 5.06. The summed E-state index contributed by atoms with van der Waals surface area (Å²) in [5, 5.41) is 4.09. The third-order valence-electron chi connectivity index (χ3n) is 5.22. The van der Waals surface area contributed by atoms with Gasteiger partial charge >= 0.3 is 0 Å². The first-order valence-electron chi connectivity index (χ1n) is 9.55. The van der Waals surface area contributed by atoms with Crippen molar-refractivity contribution >= 4 is 5.91 Å². The smallest absolute Gasteiger partial charge is 0.271 e. The van der Waals surface area contributed by atoms with Crippen LogP contribution < -0.4 is 0 Å². The number of amides is 1. The van der Waals surface area contributed by atoms with Crippen LogP contribution >= 0.6 is 0 Å². The summed E-state index contributed by atoms with van der Waals surface area (Å²) in [4.78, 5) is 19.4. The van der Waals surface area contributed by atoms with Crippen molar-refractivity contribution < 1.29 is 14.1 Å². The highest BCUT2D eigenvalue weighted by atomic mass is 16.5. The Hall–Kier alpha value is -2.15. The molecule has 1 aliphatic carbocycles. The molecule has 2 aliphatic rings. The molecule has 2 fully saturated rings. The van der Waals surface area contributed by atoms with E-state index in [1.165, 1.54) is 12.8 Å². The lowest BCUT2D eigenvalue weighted by atomic mass is 10.0. The highest BCUT2D eigenvalue weighted by Crippen LogP contribution is 2.31. The van der Waals surface area contributed by atoms with Gasteiger partial charge in [-0.1, -0.05) is 5.16 Å². The molecule has 0 N–H and O–H groups in total. The third-order valence-corrected chi connectivity index (χ3v) is 5.22. The molecule has 1 aliphatic heterocycles. The van der Waals surface area contributed by atoms with Crippen molar-refractivity contribution in [3.05, 3.63) is 35.7 Å². The second-order valence-corrected chi connectivity index (χ2v) is 7.33. The minimum Gasteiger partial charge on any atom is -0.381 e. The van der Waals surface area contributed by atoms with Crippen molar-refractivity contribution in [3.8, 4) is 0 Å². The third kappa shape index (κ3) is 3.82. The van der Waals surface area contributed by atoms with Crippen LogP contribution in [-0.2, 0) is 18.2 Å². The quantitative estimate of drug-likeness (QED) is 0.712. The molecule has 0 spiro atoms. The number of nitrogens with zero attached hydrogens (tertiary/aromatic N) is 4. The van der Waals surface area contributed by atoms with Crippen molar-refractivity contribution in [1.29, 1.82) is 0 Å². The van der Waals surface area contributed by atoms with Crippen LogP contribution in [0.15, 0.2) is 22.9 Å². The Labute approximate surface area is 153 Å². The second-order valence-electron chi connectivity index (χ2n) is 7.33. The summed E-state index contributed by atoms with van der Waals surface area (Å²) in [6.45, 7) is 2.18. The van der Waals surface area contributed by atoms with Crippen molar-refractivity contribution in [1.82, 2.24) is 19.6 Å². The van der Waals surface area contributed by atoms with Gasteiger partial charge in [0.05, 0.1) is 6.61 Å². The molecule has 7 heteroatoms. The number of ether oxygens (including phenoxy) is 1. The fourth-order valence-corrected chi connectivity index (χ4v) is 3.46. The van der Waals surface area contributed by atoms with Crippen molar-refractivity contribution in [3.63, 3.8) is 0 Å². The largest absolute Gasteiger partial charge is 0.381 e. The highest BCUT2D eigenvalue weighted by Gasteiger charge is 2.33. The van der Waals surface area contributed by atoms with Crippen LogP contribution in [0, 0.1) is 5.92 Å². The summed E-state index contributed by atoms with van der Waals surface area (Å²) in [7, 11) is 1.89. The number of likely N-dealkylation sites (tertiary alicyclic amines) is 1. The van der Waals surface area contributed by atoms with Crippen LogP contribution in [0.4, 0.5) is 0 Å². The lowest BCUT2D eigenvalue weighted by molar-refractivity contribution is 0.0551. The predicted molar refractivity (Wildman–Crippen MR) is 94.6 cm³/mol. The molecule has 2 aromatic heterocycles. The number of carbonyl (C=O) groups is 1. The number of piperidine rings is 1. The Balaban J connectivity index is 1.41. The monoisotopic (exact) mass is 358 g/mol. The van der Waals surface area contributed by atoms with E-state index in [0.29, 0.717) is 30.4 Å². The second kappa shape index (κ2) is 7.61. The van der Waals surface area contributed by atoms with Crippen LogP contribution in [-0.4, -0.2) is 45.3 Å². The van der Waals surface area contributed by atoms with Gasteiger partial charge in [-0.15, -0.1) is 0 Å². The summed E-state index contributed by atoms with van der Waals surface area (Å²) in [6.07, 6.45) is 8.04. The minimum absolute atomic E-state index is 0.0229. The molecule has 1 amide bonds. The number of hydrogen-bond acceptors (Lipinski definition) is 5. The van der Waals surface area contributed by atoms with Crippen molar-refractivity contribution in [2.45, 2.75) is 44.6 Å². The average Bonchev–Trinajstić information content (AvgIpc) is 3.19. The van der Waals surface area contributed by atoms with Gasteiger partial charge in [-0.3, -0.25) is 4.79 Å². The predicted octanol–water partition coefficient (Wildman–Crippen LogP) is 2.74. The molecule has 140 valence electrons. The summed E-state index contributed by atoms with van der Waals surface area (Å²) in [5.74, 6) is 1.99. The van der Waals surface area contributed by atoms with Gasteiger partial charge < -0.3 is 18.7 Å². The molecule has 2 aromatic rings. The molecule has 1 unspecified atom stereocenters. The van der Waals surface area contributed by atoms with Crippen LogP contribution in [0.25, 0.3) is 0 Å². The first-order valence-corrected chi connectivity index (χ1v) is 9.55. The Bertz CT molecular complexity index is 750. The molecule has 4 rings (SSSR count). The number of carbonyl (C=O) groups excluding carboxylic acids is 1. The average molecular weight is 358 g/mol. The number of aromatic nitrogens is 3. The molecule has 0 bridgehead atoms. The fourth-order valence-electron chi connectivity index (χ4n) is 3.46. The Morgan fingerprint density at radius 3 is 3.00 bits per heavy atom. The van der Waals surface area contributed by atoms with E-state index in [9.17, 15) is 4.79 Å². The zero-order chi connectivity index (χ0) is 17.9. The summed E-state index contributed by atoms with van der Waals surface area (Å²) in [5.41, 5.74) is 0.685. The van der Waals surface area contributed by atoms with E-state index in [1.54, 1.807) is 0 Å². The first-order chi connectivity index (χ1) is 12.7. The lowest BCUT2D eigenvalue weighted by Gasteiger charge is -2.33. The molecule has 1 saturated heterocycles. The van der Waals surface area contributed by atoms with Crippen molar-refractivity contribution in [2.24, 2.45) is 13.0 Å². The number of aryl methyl sites for hydroxylation is 1. The maximum atomic E-state index is 12.9. The topological polar surface area (TPSA) is 73.4 Å².